The van der Waals surface area contributed by atoms with Crippen molar-refractivity contribution in [3.8, 4) is 39.1 Å². The van der Waals surface area contributed by atoms with E-state index in [0.717, 1.165) is 61.4 Å². The Balaban J connectivity index is 0.863. The van der Waals surface area contributed by atoms with Gasteiger partial charge in [-0.05, 0) is 129 Å². The monoisotopic (exact) mass is 778 g/mol. The van der Waals surface area contributed by atoms with Gasteiger partial charge >= 0.3 is 0 Å². The Kier molecular flexibility index (Phi) is 8.17. The van der Waals surface area contributed by atoms with Crippen LogP contribution in [0.5, 0.6) is 0 Å². The molecule has 3 nitrogen and oxygen atoms in total. The number of furan rings is 1. The van der Waals surface area contributed by atoms with Crippen LogP contribution in [0.4, 0.5) is 17.1 Å². The van der Waals surface area contributed by atoms with Gasteiger partial charge in [-0.15, -0.1) is 0 Å². The zero-order valence-electron chi connectivity index (χ0n) is 33.2. The zero-order chi connectivity index (χ0) is 40.3. The molecule has 286 valence electrons. The molecule has 2 heterocycles. The maximum atomic E-state index is 6.38. The summed E-state index contributed by atoms with van der Waals surface area (Å²) in [6.45, 7) is 0. The number of nitrogens with zero attached hydrogens (tertiary/aromatic N) is 2. The molecule has 0 radical (unpaired) electrons. The van der Waals surface area contributed by atoms with Gasteiger partial charge in [0.25, 0.3) is 0 Å². The highest BCUT2D eigenvalue weighted by molar-refractivity contribution is 6.10. The van der Waals surface area contributed by atoms with E-state index in [9.17, 15) is 0 Å². The van der Waals surface area contributed by atoms with Crippen LogP contribution in [-0.4, -0.2) is 4.57 Å². The molecule has 12 rings (SSSR count). The molecule has 2 aromatic heterocycles. The van der Waals surface area contributed by atoms with E-state index >= 15 is 0 Å². The summed E-state index contributed by atoms with van der Waals surface area (Å²) in [6, 6.07) is 82.9. The van der Waals surface area contributed by atoms with E-state index in [2.05, 4.69) is 240 Å². The molecule has 0 aliphatic rings. The SMILES string of the molecule is c1ccc(N(c2ccc(-c3ccc4oc5ccc(-c6ccc(-c7ccc8c9ccccc9n(-c9ccccc9)c8c7)cc6)cc5c4c3)cc2)c2ccc3ccccc3c2)cc1. The lowest BCUT2D eigenvalue weighted by molar-refractivity contribution is 0.669. The molecular formula is C58H38N2O. The predicted octanol–water partition coefficient (Wildman–Crippen LogP) is 16.3. The Morgan fingerprint density at radius 1 is 0.295 bits per heavy atom. The number of fused-ring (bicyclic) bond motifs is 7. The number of rotatable bonds is 7. The van der Waals surface area contributed by atoms with Crippen molar-refractivity contribution in [2.24, 2.45) is 0 Å². The normalized spacial score (nSPS) is 11.6. The lowest BCUT2D eigenvalue weighted by Gasteiger charge is -2.26. The smallest absolute Gasteiger partial charge is 0.135 e. The van der Waals surface area contributed by atoms with Crippen LogP contribution in [0, 0.1) is 0 Å². The van der Waals surface area contributed by atoms with Crippen LogP contribution in [0.25, 0.3) is 93.6 Å². The highest BCUT2D eigenvalue weighted by Gasteiger charge is 2.16. The van der Waals surface area contributed by atoms with E-state index in [4.69, 9.17) is 4.42 Å². The van der Waals surface area contributed by atoms with Crippen LogP contribution in [0.2, 0.25) is 0 Å². The Bertz CT molecular complexity index is 3560. The van der Waals surface area contributed by atoms with E-state index in [1.54, 1.807) is 0 Å². The third kappa shape index (κ3) is 6.06. The maximum absolute atomic E-state index is 6.38. The van der Waals surface area contributed by atoms with Crippen molar-refractivity contribution in [2.45, 2.75) is 0 Å². The highest BCUT2D eigenvalue weighted by Crippen LogP contribution is 2.40. The number of anilines is 3. The molecule has 0 saturated heterocycles. The van der Waals surface area contributed by atoms with Gasteiger partial charge in [-0.1, -0.05) is 146 Å². The van der Waals surface area contributed by atoms with Crippen molar-refractivity contribution >= 4 is 71.6 Å². The maximum Gasteiger partial charge on any atom is 0.135 e. The number of hydrogen-bond donors (Lipinski definition) is 0. The molecule has 61 heavy (non-hydrogen) atoms. The number of hydrogen-bond acceptors (Lipinski definition) is 2. The van der Waals surface area contributed by atoms with Gasteiger partial charge in [-0.3, -0.25) is 0 Å². The summed E-state index contributed by atoms with van der Waals surface area (Å²) < 4.78 is 8.76. The van der Waals surface area contributed by atoms with Crippen LogP contribution in [0.15, 0.2) is 235 Å². The minimum absolute atomic E-state index is 0.887. The molecule has 0 aliphatic heterocycles. The molecule has 0 aliphatic carbocycles. The van der Waals surface area contributed by atoms with Crippen LogP contribution in [-0.2, 0) is 0 Å². The van der Waals surface area contributed by atoms with E-state index in [1.807, 2.05) is 0 Å². The summed E-state index contributed by atoms with van der Waals surface area (Å²) in [5, 5.41) is 7.19. The first-order chi connectivity index (χ1) is 30.2. The van der Waals surface area contributed by atoms with Crippen molar-refractivity contribution < 1.29 is 4.42 Å². The van der Waals surface area contributed by atoms with Gasteiger partial charge < -0.3 is 13.9 Å². The third-order valence-electron chi connectivity index (χ3n) is 12.2. The van der Waals surface area contributed by atoms with Crippen molar-refractivity contribution in [3.63, 3.8) is 0 Å². The first-order valence-electron chi connectivity index (χ1n) is 20.8. The molecule has 3 heteroatoms. The second-order valence-corrected chi connectivity index (χ2v) is 15.8. The van der Waals surface area contributed by atoms with Gasteiger partial charge in [0.2, 0.25) is 0 Å². The molecule has 0 amide bonds. The van der Waals surface area contributed by atoms with Crippen LogP contribution >= 0.6 is 0 Å². The minimum Gasteiger partial charge on any atom is -0.456 e. The largest absolute Gasteiger partial charge is 0.456 e. The second-order valence-electron chi connectivity index (χ2n) is 15.8. The first-order valence-corrected chi connectivity index (χ1v) is 20.8. The predicted molar refractivity (Wildman–Crippen MR) is 257 cm³/mol. The standard InChI is InChI=1S/C58H38N2O/c1-3-13-47(14-4-1)59(50-31-25-39-11-7-8-12-43(39)35-50)49-29-23-42(24-30-49)45-28-34-58-54(37-45)53-36-44(27-33-57(53)61-58)40-19-21-41(22-20-40)46-26-32-52-51-17-9-10-18-55(51)60(56(52)38-46)48-15-5-2-6-16-48/h1-38H. The van der Waals surface area contributed by atoms with Crippen molar-refractivity contribution in [1.82, 2.24) is 4.57 Å². The fraction of sp³-hybridized carbons (Fsp3) is 0. The molecule has 0 N–H and O–H groups in total. The quantitative estimate of drug-likeness (QED) is 0.161. The number of para-hydroxylation sites is 3. The number of aromatic nitrogens is 1. The van der Waals surface area contributed by atoms with Crippen molar-refractivity contribution in [3.05, 3.63) is 231 Å². The summed E-state index contributed by atoms with van der Waals surface area (Å²) in [5.41, 5.74) is 15.7. The molecule has 0 saturated carbocycles. The van der Waals surface area contributed by atoms with Crippen molar-refractivity contribution in [2.75, 3.05) is 4.90 Å². The summed E-state index contributed by atoms with van der Waals surface area (Å²) >= 11 is 0. The summed E-state index contributed by atoms with van der Waals surface area (Å²) in [7, 11) is 0. The second kappa shape index (κ2) is 14.3. The lowest BCUT2D eigenvalue weighted by atomic mass is 9.97. The van der Waals surface area contributed by atoms with Gasteiger partial charge in [0.05, 0.1) is 11.0 Å². The lowest BCUT2D eigenvalue weighted by Crippen LogP contribution is -2.09. The highest BCUT2D eigenvalue weighted by atomic mass is 16.3. The first kappa shape index (κ1) is 34.9. The van der Waals surface area contributed by atoms with Gasteiger partial charge in [-0.25, -0.2) is 0 Å². The summed E-state index contributed by atoms with van der Waals surface area (Å²) in [4.78, 5) is 2.32. The van der Waals surface area contributed by atoms with Crippen LogP contribution in [0.1, 0.15) is 0 Å². The Morgan fingerprint density at radius 3 is 1.48 bits per heavy atom. The topological polar surface area (TPSA) is 21.3 Å². The van der Waals surface area contributed by atoms with Gasteiger partial charge in [0, 0.05) is 44.3 Å². The fourth-order valence-electron chi connectivity index (χ4n) is 9.14. The molecule has 0 unspecified atom stereocenters. The molecule has 0 atom stereocenters. The molecule has 0 bridgehead atoms. The van der Waals surface area contributed by atoms with Crippen LogP contribution in [0.3, 0.4) is 0 Å². The van der Waals surface area contributed by atoms with Gasteiger partial charge in [0.1, 0.15) is 11.2 Å². The Hall–Kier alpha value is -8.14. The molecule has 0 fully saturated rings. The summed E-state index contributed by atoms with van der Waals surface area (Å²) in [5.74, 6) is 0. The number of benzene rings is 10. The van der Waals surface area contributed by atoms with Crippen LogP contribution < -0.4 is 4.90 Å². The van der Waals surface area contributed by atoms with E-state index in [-0.39, 0.29) is 0 Å². The van der Waals surface area contributed by atoms with E-state index < -0.39 is 0 Å². The molecule has 10 aromatic carbocycles. The fourth-order valence-corrected chi connectivity index (χ4v) is 9.14. The zero-order valence-corrected chi connectivity index (χ0v) is 33.2. The minimum atomic E-state index is 0.887. The molecular weight excluding hydrogens is 741 g/mol. The summed E-state index contributed by atoms with van der Waals surface area (Å²) in [6.07, 6.45) is 0. The average Bonchev–Trinajstić information content (AvgIpc) is 3.87. The van der Waals surface area contributed by atoms with Gasteiger partial charge in [0.15, 0.2) is 0 Å². The van der Waals surface area contributed by atoms with Crippen molar-refractivity contribution in [1.29, 1.82) is 0 Å². The molecule has 12 aromatic rings. The third-order valence-corrected chi connectivity index (χ3v) is 12.2. The Labute approximate surface area is 353 Å². The van der Waals surface area contributed by atoms with Gasteiger partial charge in [-0.2, -0.15) is 0 Å². The molecule has 0 spiro atoms. The average molecular weight is 779 g/mol. The van der Waals surface area contributed by atoms with E-state index in [1.165, 1.54) is 49.3 Å². The van der Waals surface area contributed by atoms with E-state index in [0.29, 0.717) is 0 Å². The Morgan fingerprint density at radius 2 is 0.787 bits per heavy atom.